The van der Waals surface area contributed by atoms with Crippen molar-refractivity contribution in [1.82, 2.24) is 9.88 Å². The van der Waals surface area contributed by atoms with E-state index in [-0.39, 0.29) is 23.9 Å². The first-order valence-corrected chi connectivity index (χ1v) is 6.76. The molecule has 1 aliphatic carbocycles. The molecule has 0 radical (unpaired) electrons. The number of carbonyl (C=O) groups is 1. The lowest BCUT2D eigenvalue weighted by molar-refractivity contribution is -0.154. The highest BCUT2D eigenvalue weighted by Crippen LogP contribution is 2.30. The van der Waals surface area contributed by atoms with E-state index in [2.05, 4.69) is 9.72 Å². The fourth-order valence-corrected chi connectivity index (χ4v) is 2.07. The lowest BCUT2D eigenvalue weighted by atomic mass is 10.2. The number of carbonyl (C=O) groups excluding carboxylic acids is 1. The summed E-state index contributed by atoms with van der Waals surface area (Å²) in [5.74, 6) is -0.297. The fraction of sp³-hybridized carbons (Fsp3) is 0.571. The molecule has 4 nitrogen and oxygen atoms in total. The molecule has 1 heterocycles. The number of ether oxygens (including phenoxy) is 1. The summed E-state index contributed by atoms with van der Waals surface area (Å²) in [7, 11) is 0. The minimum absolute atomic E-state index is 0.0751. The van der Waals surface area contributed by atoms with Crippen LogP contribution in [0.2, 0.25) is 0 Å². The Morgan fingerprint density at radius 2 is 2.10 bits per heavy atom. The Hall–Kier alpha value is -1.79. The van der Waals surface area contributed by atoms with Crippen molar-refractivity contribution in [2.75, 3.05) is 6.61 Å². The molecule has 0 aromatic carbocycles. The van der Waals surface area contributed by atoms with E-state index in [4.69, 9.17) is 0 Å². The quantitative estimate of drug-likeness (QED) is 0.839. The van der Waals surface area contributed by atoms with Gasteiger partial charge >= 0.3 is 6.18 Å². The van der Waals surface area contributed by atoms with Crippen LogP contribution in [0.5, 0.6) is 5.88 Å². The molecule has 0 aliphatic heterocycles. The molecular formula is C14H17F3N2O2. The van der Waals surface area contributed by atoms with E-state index in [1.165, 1.54) is 18.3 Å². The van der Waals surface area contributed by atoms with Gasteiger partial charge in [-0.15, -0.1) is 0 Å². The molecule has 1 aromatic rings. The fourth-order valence-electron chi connectivity index (χ4n) is 2.07. The van der Waals surface area contributed by atoms with Crippen molar-refractivity contribution in [3.05, 3.63) is 23.9 Å². The molecule has 0 unspecified atom stereocenters. The molecule has 0 N–H and O–H groups in total. The van der Waals surface area contributed by atoms with E-state index in [9.17, 15) is 18.0 Å². The average molecular weight is 302 g/mol. The molecule has 7 heteroatoms. The van der Waals surface area contributed by atoms with E-state index in [1.54, 1.807) is 4.90 Å². The van der Waals surface area contributed by atoms with Gasteiger partial charge in [-0.05, 0) is 32.8 Å². The number of halogens is 3. The minimum atomic E-state index is -4.41. The zero-order valence-corrected chi connectivity index (χ0v) is 11.9. The van der Waals surface area contributed by atoms with Gasteiger partial charge in [-0.1, -0.05) is 0 Å². The number of nitrogens with zero attached hydrogens (tertiary/aromatic N) is 2. The minimum Gasteiger partial charge on any atom is -0.468 e. The Labute approximate surface area is 120 Å². The van der Waals surface area contributed by atoms with Crippen LogP contribution >= 0.6 is 0 Å². The lowest BCUT2D eigenvalue weighted by Crippen LogP contribution is -2.38. The summed E-state index contributed by atoms with van der Waals surface area (Å²) < 4.78 is 40.6. The van der Waals surface area contributed by atoms with Gasteiger partial charge in [0, 0.05) is 24.3 Å². The first-order valence-electron chi connectivity index (χ1n) is 6.76. The molecule has 21 heavy (non-hydrogen) atoms. The van der Waals surface area contributed by atoms with Crippen molar-refractivity contribution in [3.8, 4) is 5.88 Å². The lowest BCUT2D eigenvalue weighted by Gasteiger charge is -2.26. The number of pyridine rings is 1. The van der Waals surface area contributed by atoms with Crippen molar-refractivity contribution in [3.63, 3.8) is 0 Å². The maximum atomic E-state index is 12.4. The molecule has 1 fully saturated rings. The molecule has 1 saturated carbocycles. The summed E-state index contributed by atoms with van der Waals surface area (Å²) in [6.45, 7) is 2.47. The highest BCUT2D eigenvalue weighted by Gasteiger charge is 2.34. The zero-order valence-electron chi connectivity index (χ0n) is 11.9. The Balaban J connectivity index is 2.02. The molecule has 0 saturated heterocycles. The summed E-state index contributed by atoms with van der Waals surface area (Å²) >= 11 is 0. The van der Waals surface area contributed by atoms with Gasteiger partial charge in [0.2, 0.25) is 5.88 Å². The summed E-state index contributed by atoms with van der Waals surface area (Å²) in [4.78, 5) is 17.9. The molecule has 2 rings (SSSR count). The van der Waals surface area contributed by atoms with Crippen LogP contribution < -0.4 is 4.74 Å². The van der Waals surface area contributed by atoms with Crippen LogP contribution in [0.15, 0.2) is 18.3 Å². The van der Waals surface area contributed by atoms with E-state index in [0.29, 0.717) is 5.56 Å². The second-order valence-corrected chi connectivity index (χ2v) is 5.33. The summed E-state index contributed by atoms with van der Waals surface area (Å²) in [5.41, 5.74) is 0.356. The van der Waals surface area contributed by atoms with E-state index >= 15 is 0 Å². The van der Waals surface area contributed by atoms with E-state index in [0.717, 1.165) is 12.8 Å². The number of hydrogen-bond donors (Lipinski definition) is 0. The van der Waals surface area contributed by atoms with Crippen molar-refractivity contribution in [2.45, 2.75) is 44.9 Å². The zero-order chi connectivity index (χ0) is 15.6. The summed E-state index contributed by atoms with van der Waals surface area (Å²) in [6, 6.07) is 3.06. The van der Waals surface area contributed by atoms with Gasteiger partial charge in [0.05, 0.1) is 5.56 Å². The third-order valence-corrected chi connectivity index (χ3v) is 3.10. The first-order chi connectivity index (χ1) is 9.78. The van der Waals surface area contributed by atoms with E-state index < -0.39 is 12.8 Å². The Bertz CT molecular complexity index is 494. The third kappa shape index (κ3) is 4.34. The van der Waals surface area contributed by atoms with Crippen LogP contribution in [-0.2, 0) is 0 Å². The molecular weight excluding hydrogens is 285 g/mol. The molecule has 0 atom stereocenters. The highest BCUT2D eigenvalue weighted by molar-refractivity contribution is 5.94. The second kappa shape index (κ2) is 5.91. The van der Waals surface area contributed by atoms with Crippen LogP contribution in [0.1, 0.15) is 37.0 Å². The summed E-state index contributed by atoms with van der Waals surface area (Å²) in [5, 5.41) is 0. The molecule has 0 bridgehead atoms. The number of hydrogen-bond acceptors (Lipinski definition) is 3. The van der Waals surface area contributed by atoms with Gasteiger partial charge in [0.15, 0.2) is 6.61 Å². The second-order valence-electron chi connectivity index (χ2n) is 5.33. The Kier molecular flexibility index (Phi) is 4.39. The van der Waals surface area contributed by atoms with Crippen LogP contribution in [-0.4, -0.2) is 40.7 Å². The average Bonchev–Trinajstić information content (AvgIpc) is 3.20. The number of aromatic nitrogens is 1. The molecule has 1 amide bonds. The SMILES string of the molecule is CC(C)N(C(=O)c1ccc(OCC(F)(F)F)nc1)C1CC1. The van der Waals surface area contributed by atoms with Crippen LogP contribution in [0.3, 0.4) is 0 Å². The van der Waals surface area contributed by atoms with Gasteiger partial charge < -0.3 is 9.64 Å². The van der Waals surface area contributed by atoms with Crippen LogP contribution in [0.25, 0.3) is 0 Å². The Morgan fingerprint density at radius 3 is 2.52 bits per heavy atom. The van der Waals surface area contributed by atoms with Crippen LogP contribution in [0.4, 0.5) is 13.2 Å². The van der Waals surface area contributed by atoms with Gasteiger partial charge in [0.1, 0.15) is 0 Å². The third-order valence-electron chi connectivity index (χ3n) is 3.10. The number of alkyl halides is 3. The van der Waals surface area contributed by atoms with Gasteiger partial charge in [-0.2, -0.15) is 13.2 Å². The monoisotopic (exact) mass is 302 g/mol. The normalized spacial score (nSPS) is 15.1. The smallest absolute Gasteiger partial charge is 0.422 e. The van der Waals surface area contributed by atoms with Crippen molar-refractivity contribution in [1.29, 1.82) is 0 Å². The maximum Gasteiger partial charge on any atom is 0.422 e. The predicted molar refractivity (Wildman–Crippen MR) is 70.1 cm³/mol. The first kappa shape index (κ1) is 15.6. The van der Waals surface area contributed by atoms with Gasteiger partial charge in [-0.25, -0.2) is 4.98 Å². The van der Waals surface area contributed by atoms with Crippen molar-refractivity contribution >= 4 is 5.91 Å². The highest BCUT2D eigenvalue weighted by atomic mass is 19.4. The standard InChI is InChI=1S/C14H17F3N2O2/c1-9(2)19(11-4-5-11)13(20)10-3-6-12(18-7-10)21-8-14(15,16)17/h3,6-7,9,11H,4-5,8H2,1-2H3. The largest absolute Gasteiger partial charge is 0.468 e. The molecule has 1 aliphatic rings. The number of amides is 1. The number of rotatable bonds is 5. The van der Waals surface area contributed by atoms with Crippen molar-refractivity contribution in [2.24, 2.45) is 0 Å². The molecule has 1 aromatic heterocycles. The van der Waals surface area contributed by atoms with Crippen molar-refractivity contribution < 1.29 is 22.7 Å². The summed E-state index contributed by atoms with van der Waals surface area (Å²) in [6.07, 6.45) is -1.17. The van der Waals surface area contributed by atoms with Crippen LogP contribution in [0, 0.1) is 0 Å². The molecule has 116 valence electrons. The van der Waals surface area contributed by atoms with E-state index in [1.807, 2.05) is 13.8 Å². The molecule has 0 spiro atoms. The topological polar surface area (TPSA) is 42.4 Å². The van der Waals surface area contributed by atoms with Gasteiger partial charge in [-0.3, -0.25) is 4.79 Å². The van der Waals surface area contributed by atoms with Gasteiger partial charge in [0.25, 0.3) is 5.91 Å². The maximum absolute atomic E-state index is 12.4. The predicted octanol–water partition coefficient (Wildman–Crippen LogP) is 3.04. The Morgan fingerprint density at radius 1 is 1.43 bits per heavy atom.